The molecule has 36 heavy (non-hydrogen) atoms. The maximum absolute atomic E-state index is 13.5. The van der Waals surface area contributed by atoms with E-state index in [1.54, 1.807) is 9.80 Å². The monoisotopic (exact) mass is 492 g/mol. The second-order valence-electron chi connectivity index (χ2n) is 11.3. The molecule has 6 nitrogen and oxygen atoms in total. The summed E-state index contributed by atoms with van der Waals surface area (Å²) in [6.45, 7) is 11.9. The SMILES string of the molecule is CC(C)(C)OC(=O)N(Cc1ccccc1)[C@H]1C=CCC[C@@H]1N(Cc1ccccc1)C(=O)OC(C)(C)C. The molecule has 1 aliphatic carbocycles. The maximum atomic E-state index is 13.5. The Morgan fingerprint density at radius 3 is 1.67 bits per heavy atom. The molecule has 0 saturated carbocycles. The van der Waals surface area contributed by atoms with Crippen molar-refractivity contribution in [3.8, 4) is 0 Å². The van der Waals surface area contributed by atoms with Crippen molar-refractivity contribution in [3.05, 3.63) is 83.9 Å². The Labute approximate surface area is 215 Å². The van der Waals surface area contributed by atoms with Crippen LogP contribution in [0.1, 0.15) is 65.5 Å². The number of ether oxygens (including phenoxy) is 2. The van der Waals surface area contributed by atoms with Gasteiger partial charge in [0.1, 0.15) is 11.2 Å². The van der Waals surface area contributed by atoms with Crippen molar-refractivity contribution in [2.75, 3.05) is 0 Å². The smallest absolute Gasteiger partial charge is 0.411 e. The summed E-state index contributed by atoms with van der Waals surface area (Å²) in [5.41, 5.74) is 0.715. The third-order valence-electron chi connectivity index (χ3n) is 5.76. The second-order valence-corrected chi connectivity index (χ2v) is 11.3. The molecular formula is C30H40N2O4. The van der Waals surface area contributed by atoms with Crippen molar-refractivity contribution in [2.24, 2.45) is 0 Å². The minimum Gasteiger partial charge on any atom is -0.444 e. The van der Waals surface area contributed by atoms with Gasteiger partial charge in [-0.05, 0) is 65.5 Å². The number of carbonyl (C=O) groups is 2. The maximum Gasteiger partial charge on any atom is 0.411 e. The lowest BCUT2D eigenvalue weighted by Crippen LogP contribution is -2.56. The van der Waals surface area contributed by atoms with E-state index in [1.807, 2.05) is 108 Å². The summed E-state index contributed by atoms with van der Waals surface area (Å²) in [6, 6.07) is 19.1. The van der Waals surface area contributed by atoms with Crippen LogP contribution in [0.5, 0.6) is 0 Å². The van der Waals surface area contributed by atoms with E-state index in [0.29, 0.717) is 19.5 Å². The fourth-order valence-electron chi connectivity index (χ4n) is 4.26. The highest BCUT2D eigenvalue weighted by molar-refractivity contribution is 5.71. The van der Waals surface area contributed by atoms with Crippen LogP contribution in [-0.2, 0) is 22.6 Å². The van der Waals surface area contributed by atoms with E-state index in [9.17, 15) is 9.59 Å². The van der Waals surface area contributed by atoms with Gasteiger partial charge in [-0.2, -0.15) is 0 Å². The Morgan fingerprint density at radius 2 is 1.19 bits per heavy atom. The van der Waals surface area contributed by atoms with E-state index in [4.69, 9.17) is 9.47 Å². The molecule has 1 aliphatic rings. The van der Waals surface area contributed by atoms with Crippen molar-refractivity contribution in [1.82, 2.24) is 9.80 Å². The molecule has 0 fully saturated rings. The standard InChI is InChI=1S/C30H40N2O4/c1-29(2,3)35-27(33)31(21-23-15-9-7-10-16-23)25-19-13-14-20-26(25)32(28(34)36-30(4,5)6)22-24-17-11-8-12-18-24/h7-13,15-19,25-26H,14,20-22H2,1-6H3/t25-,26-/m0/s1. The molecule has 0 bridgehead atoms. The molecule has 2 aromatic carbocycles. The van der Waals surface area contributed by atoms with Gasteiger partial charge < -0.3 is 9.47 Å². The summed E-state index contributed by atoms with van der Waals surface area (Å²) in [7, 11) is 0. The zero-order valence-electron chi connectivity index (χ0n) is 22.4. The lowest BCUT2D eigenvalue weighted by atomic mass is 9.93. The van der Waals surface area contributed by atoms with E-state index in [-0.39, 0.29) is 18.2 Å². The number of rotatable bonds is 6. The molecule has 2 aromatic rings. The lowest BCUT2D eigenvalue weighted by Gasteiger charge is -2.43. The van der Waals surface area contributed by atoms with Crippen LogP contribution in [0, 0.1) is 0 Å². The van der Waals surface area contributed by atoms with Crippen LogP contribution in [0.25, 0.3) is 0 Å². The van der Waals surface area contributed by atoms with Gasteiger partial charge in [0.15, 0.2) is 0 Å². The van der Waals surface area contributed by atoms with Crippen LogP contribution in [0.2, 0.25) is 0 Å². The fraction of sp³-hybridized carbons (Fsp3) is 0.467. The number of hydrogen-bond donors (Lipinski definition) is 0. The first-order valence-electron chi connectivity index (χ1n) is 12.7. The number of amides is 2. The summed E-state index contributed by atoms with van der Waals surface area (Å²) in [6.07, 6.45) is 4.84. The van der Waals surface area contributed by atoms with E-state index in [1.165, 1.54) is 0 Å². The third-order valence-corrected chi connectivity index (χ3v) is 5.76. The van der Waals surface area contributed by atoms with Crippen molar-refractivity contribution in [2.45, 2.75) is 90.8 Å². The summed E-state index contributed by atoms with van der Waals surface area (Å²) < 4.78 is 11.7. The normalized spacial score (nSPS) is 17.8. The van der Waals surface area contributed by atoms with Crippen LogP contribution in [0.3, 0.4) is 0 Å². The van der Waals surface area contributed by atoms with Gasteiger partial charge >= 0.3 is 12.2 Å². The Balaban J connectivity index is 2.00. The number of nitrogens with zero attached hydrogens (tertiary/aromatic N) is 2. The molecular weight excluding hydrogens is 452 g/mol. The fourth-order valence-corrected chi connectivity index (χ4v) is 4.26. The molecule has 194 valence electrons. The molecule has 6 heteroatoms. The van der Waals surface area contributed by atoms with Gasteiger partial charge in [-0.1, -0.05) is 72.8 Å². The molecule has 0 aromatic heterocycles. The van der Waals surface area contributed by atoms with Crippen LogP contribution in [0.15, 0.2) is 72.8 Å². The molecule has 2 amide bonds. The first kappa shape index (κ1) is 27.3. The summed E-state index contributed by atoms with van der Waals surface area (Å²) >= 11 is 0. The number of hydrogen-bond acceptors (Lipinski definition) is 4. The van der Waals surface area contributed by atoms with Gasteiger partial charge in [-0.25, -0.2) is 9.59 Å². The number of allylic oxidation sites excluding steroid dienone is 1. The summed E-state index contributed by atoms with van der Waals surface area (Å²) in [5.74, 6) is 0. The van der Waals surface area contributed by atoms with Gasteiger partial charge in [0, 0.05) is 13.1 Å². The topological polar surface area (TPSA) is 59.1 Å². The average Bonchev–Trinajstić information content (AvgIpc) is 2.80. The lowest BCUT2D eigenvalue weighted by molar-refractivity contribution is -0.0110. The highest BCUT2D eigenvalue weighted by Crippen LogP contribution is 2.28. The molecule has 0 spiro atoms. The molecule has 0 saturated heterocycles. The van der Waals surface area contributed by atoms with E-state index < -0.39 is 17.3 Å². The first-order valence-corrected chi connectivity index (χ1v) is 12.7. The van der Waals surface area contributed by atoms with Crippen LogP contribution in [0.4, 0.5) is 9.59 Å². The Kier molecular flexibility index (Phi) is 8.83. The van der Waals surface area contributed by atoms with E-state index in [0.717, 1.165) is 17.5 Å². The predicted octanol–water partition coefficient (Wildman–Crippen LogP) is 6.95. The van der Waals surface area contributed by atoms with Gasteiger partial charge in [-0.3, -0.25) is 9.80 Å². The van der Waals surface area contributed by atoms with E-state index >= 15 is 0 Å². The molecule has 0 N–H and O–H groups in total. The van der Waals surface area contributed by atoms with E-state index in [2.05, 4.69) is 6.08 Å². The molecule has 2 atom stereocenters. The van der Waals surface area contributed by atoms with Crippen LogP contribution < -0.4 is 0 Å². The minimum absolute atomic E-state index is 0.277. The van der Waals surface area contributed by atoms with Crippen LogP contribution >= 0.6 is 0 Å². The van der Waals surface area contributed by atoms with Gasteiger partial charge in [0.25, 0.3) is 0 Å². The van der Waals surface area contributed by atoms with Gasteiger partial charge in [0.05, 0.1) is 12.1 Å². The molecule has 0 radical (unpaired) electrons. The Hall–Kier alpha value is -3.28. The van der Waals surface area contributed by atoms with Crippen molar-refractivity contribution >= 4 is 12.2 Å². The van der Waals surface area contributed by atoms with Crippen molar-refractivity contribution in [1.29, 1.82) is 0 Å². The Bertz CT molecular complexity index is 1020. The first-order chi connectivity index (χ1) is 16.9. The zero-order valence-corrected chi connectivity index (χ0v) is 22.4. The summed E-state index contributed by atoms with van der Waals surface area (Å²) in [4.78, 5) is 30.6. The highest BCUT2D eigenvalue weighted by Gasteiger charge is 2.39. The second kappa shape index (κ2) is 11.6. The quantitative estimate of drug-likeness (QED) is 0.410. The minimum atomic E-state index is -0.644. The highest BCUT2D eigenvalue weighted by atomic mass is 16.6. The molecule has 0 heterocycles. The zero-order chi connectivity index (χ0) is 26.3. The van der Waals surface area contributed by atoms with Crippen molar-refractivity contribution in [3.63, 3.8) is 0 Å². The Morgan fingerprint density at radius 1 is 0.750 bits per heavy atom. The molecule has 0 aliphatic heterocycles. The van der Waals surface area contributed by atoms with Gasteiger partial charge in [0.2, 0.25) is 0 Å². The average molecular weight is 493 g/mol. The third kappa shape index (κ3) is 8.14. The van der Waals surface area contributed by atoms with Crippen LogP contribution in [-0.4, -0.2) is 45.3 Å². The number of carbonyl (C=O) groups excluding carboxylic acids is 2. The number of benzene rings is 2. The predicted molar refractivity (Wildman–Crippen MR) is 142 cm³/mol. The summed E-state index contributed by atoms with van der Waals surface area (Å²) in [5, 5.41) is 0. The van der Waals surface area contributed by atoms with Gasteiger partial charge in [-0.15, -0.1) is 0 Å². The van der Waals surface area contributed by atoms with Crippen molar-refractivity contribution < 1.29 is 19.1 Å². The largest absolute Gasteiger partial charge is 0.444 e. The molecule has 3 rings (SSSR count). The molecule has 0 unspecified atom stereocenters.